The highest BCUT2D eigenvalue weighted by molar-refractivity contribution is 5.85. The minimum absolute atomic E-state index is 0.0377. The van der Waals surface area contributed by atoms with E-state index in [0.717, 1.165) is 19.3 Å². The summed E-state index contributed by atoms with van der Waals surface area (Å²) >= 11 is 0. The fraction of sp³-hybridized carbons (Fsp3) is 0.900. The highest BCUT2D eigenvalue weighted by Crippen LogP contribution is 2.73. The molecule has 0 aromatic heterocycles. The van der Waals surface area contributed by atoms with Gasteiger partial charge in [-0.2, -0.15) is 0 Å². The summed E-state index contributed by atoms with van der Waals surface area (Å²) in [7, 11) is 0. The van der Waals surface area contributed by atoms with Crippen molar-refractivity contribution in [1.82, 2.24) is 0 Å². The number of Topliss-reactive ketones (excluding diaryl/α,β-unsaturated/α-hetero) is 1. The van der Waals surface area contributed by atoms with Gasteiger partial charge in [0.2, 0.25) is 0 Å². The number of aliphatic hydroxyl groups excluding tert-OH is 1. The molecule has 0 aromatic carbocycles. The lowest BCUT2D eigenvalue weighted by molar-refractivity contribution is -0.146. The van der Waals surface area contributed by atoms with Crippen LogP contribution in [0.15, 0.2) is 11.6 Å². The molecule has 4 aliphatic carbocycles. The van der Waals surface area contributed by atoms with Crippen LogP contribution >= 0.6 is 0 Å². The van der Waals surface area contributed by atoms with Crippen molar-refractivity contribution in [3.63, 3.8) is 0 Å². The lowest BCUT2D eigenvalue weighted by Crippen LogP contribution is -2.57. The summed E-state index contributed by atoms with van der Waals surface area (Å²) in [5, 5.41) is 20.9. The molecule has 34 heavy (non-hydrogen) atoms. The Labute approximate surface area is 206 Å². The number of epoxide rings is 1. The Hall–Kier alpha value is -0.710. The average molecular weight is 473 g/mol. The van der Waals surface area contributed by atoms with E-state index < -0.39 is 11.7 Å². The number of ether oxygens (including phenoxy) is 1. The van der Waals surface area contributed by atoms with Crippen LogP contribution < -0.4 is 0 Å². The topological polar surface area (TPSA) is 70.1 Å². The largest absolute Gasteiger partial charge is 0.388 e. The normalized spacial score (nSPS) is 49.4. The lowest BCUT2D eigenvalue weighted by Gasteiger charge is -2.63. The number of carbonyl (C=O) groups excluding carboxylic acids is 1. The van der Waals surface area contributed by atoms with Gasteiger partial charge in [0.15, 0.2) is 0 Å². The Morgan fingerprint density at radius 3 is 2.38 bits per heavy atom. The predicted molar refractivity (Wildman–Crippen MR) is 134 cm³/mol. The van der Waals surface area contributed by atoms with Crippen LogP contribution in [0, 0.1) is 45.3 Å². The molecule has 10 unspecified atom stereocenters. The van der Waals surface area contributed by atoms with Gasteiger partial charge in [-0.1, -0.05) is 53.2 Å². The smallest absolute Gasteiger partial charge is 0.138 e. The van der Waals surface area contributed by atoms with E-state index in [1.165, 1.54) is 25.7 Å². The van der Waals surface area contributed by atoms with Crippen LogP contribution in [0.2, 0.25) is 0 Å². The van der Waals surface area contributed by atoms with Crippen molar-refractivity contribution in [2.24, 2.45) is 45.3 Å². The molecule has 5 rings (SSSR count). The van der Waals surface area contributed by atoms with Gasteiger partial charge in [0.05, 0.1) is 11.7 Å². The maximum atomic E-state index is 12.8. The minimum atomic E-state index is -1.14. The molecule has 1 heterocycles. The van der Waals surface area contributed by atoms with Crippen molar-refractivity contribution in [2.45, 2.75) is 124 Å². The molecule has 1 saturated heterocycles. The van der Waals surface area contributed by atoms with E-state index in [1.54, 1.807) is 19.4 Å². The van der Waals surface area contributed by atoms with E-state index >= 15 is 0 Å². The van der Waals surface area contributed by atoms with Crippen LogP contribution in [0.4, 0.5) is 0 Å². The molecule has 0 spiro atoms. The molecule has 2 N–H and O–H groups in total. The van der Waals surface area contributed by atoms with Crippen LogP contribution in [0.3, 0.4) is 0 Å². The number of fused-ring (bicyclic) bond motifs is 5. The van der Waals surface area contributed by atoms with E-state index in [4.69, 9.17) is 4.74 Å². The molecule has 192 valence electrons. The van der Waals surface area contributed by atoms with Crippen molar-refractivity contribution < 1.29 is 19.7 Å². The highest BCUT2D eigenvalue weighted by atomic mass is 16.6. The van der Waals surface area contributed by atoms with E-state index in [0.29, 0.717) is 29.5 Å². The monoisotopic (exact) mass is 472 g/mol. The number of ketones is 1. The molecule has 0 radical (unpaired) electrons. The van der Waals surface area contributed by atoms with Gasteiger partial charge in [-0.15, -0.1) is 0 Å². The van der Waals surface area contributed by atoms with Crippen LogP contribution in [0.25, 0.3) is 0 Å². The summed E-state index contributed by atoms with van der Waals surface area (Å²) in [6.07, 6.45) is 9.21. The highest BCUT2D eigenvalue weighted by Gasteiger charge is 2.67. The van der Waals surface area contributed by atoms with Gasteiger partial charge >= 0.3 is 0 Å². The Morgan fingerprint density at radius 1 is 1.06 bits per heavy atom. The summed E-state index contributed by atoms with van der Waals surface area (Å²) in [6.45, 7) is 17.6. The third kappa shape index (κ3) is 3.16. The standard InChI is InChI=1S/C30H48O4/c1-17(23-24(34-23)25(32)27(4,5)33)18-11-15-30(8)20-9-10-21-26(2,3)22(31)13-14-28(21,6)19(20)12-16-29(18,30)7/h9,17-19,21,23-25,32-33H,10-16H2,1-8H3. The van der Waals surface area contributed by atoms with E-state index in [-0.39, 0.29) is 33.9 Å². The van der Waals surface area contributed by atoms with E-state index in [9.17, 15) is 15.0 Å². The second-order valence-corrected chi connectivity index (χ2v) is 14.6. The van der Waals surface area contributed by atoms with Crippen LogP contribution in [0.5, 0.6) is 0 Å². The van der Waals surface area contributed by atoms with Crippen molar-refractivity contribution >= 4 is 5.78 Å². The molecular weight excluding hydrogens is 424 g/mol. The molecule has 3 saturated carbocycles. The van der Waals surface area contributed by atoms with Gasteiger partial charge in [0.1, 0.15) is 18.0 Å². The molecule has 10 atom stereocenters. The fourth-order valence-corrected chi connectivity index (χ4v) is 9.84. The first-order valence-electron chi connectivity index (χ1n) is 13.9. The van der Waals surface area contributed by atoms with Gasteiger partial charge in [-0.25, -0.2) is 0 Å². The molecule has 5 aliphatic rings. The fourth-order valence-electron chi connectivity index (χ4n) is 9.84. The molecular formula is C30H48O4. The SMILES string of the molecule is CC(C1OC1C(O)C(C)(C)O)C1CCC2(C)C3=CCC4C(C)(C)C(=O)CCC4(C)C3CCC12C. The second kappa shape index (κ2) is 7.42. The van der Waals surface area contributed by atoms with Crippen molar-refractivity contribution in [3.05, 3.63) is 11.6 Å². The van der Waals surface area contributed by atoms with Crippen molar-refractivity contribution in [3.8, 4) is 0 Å². The van der Waals surface area contributed by atoms with Crippen molar-refractivity contribution in [2.75, 3.05) is 0 Å². The van der Waals surface area contributed by atoms with Gasteiger partial charge < -0.3 is 14.9 Å². The van der Waals surface area contributed by atoms with Gasteiger partial charge in [0, 0.05) is 11.8 Å². The lowest BCUT2D eigenvalue weighted by atomic mass is 9.41. The third-order valence-corrected chi connectivity index (χ3v) is 12.4. The summed E-state index contributed by atoms with van der Waals surface area (Å²) in [4.78, 5) is 12.8. The second-order valence-electron chi connectivity index (χ2n) is 14.6. The Morgan fingerprint density at radius 2 is 1.74 bits per heavy atom. The summed E-state index contributed by atoms with van der Waals surface area (Å²) in [5.41, 5.74) is 0.964. The average Bonchev–Trinajstić information content (AvgIpc) is 3.48. The summed E-state index contributed by atoms with van der Waals surface area (Å²) in [6, 6.07) is 0. The first-order chi connectivity index (χ1) is 15.6. The predicted octanol–water partition coefficient (Wildman–Crippen LogP) is 5.70. The molecule has 0 bridgehead atoms. The summed E-state index contributed by atoms with van der Waals surface area (Å²) < 4.78 is 6.01. The molecule has 0 aromatic rings. The molecule has 4 fully saturated rings. The number of hydrogen-bond acceptors (Lipinski definition) is 4. The van der Waals surface area contributed by atoms with Gasteiger partial charge in [0.25, 0.3) is 0 Å². The maximum absolute atomic E-state index is 12.8. The quantitative estimate of drug-likeness (QED) is 0.407. The molecule has 1 aliphatic heterocycles. The number of hydrogen-bond donors (Lipinski definition) is 2. The van der Waals surface area contributed by atoms with Crippen LogP contribution in [-0.4, -0.2) is 39.9 Å². The summed E-state index contributed by atoms with van der Waals surface area (Å²) in [5.74, 6) is 2.42. The number of rotatable bonds is 4. The van der Waals surface area contributed by atoms with Gasteiger partial charge in [-0.3, -0.25) is 4.79 Å². The van der Waals surface area contributed by atoms with E-state index in [1.807, 2.05) is 0 Å². The number of aliphatic hydroxyl groups is 2. The minimum Gasteiger partial charge on any atom is -0.388 e. The number of carbonyl (C=O) groups is 1. The molecule has 4 nitrogen and oxygen atoms in total. The molecule has 0 amide bonds. The zero-order valence-corrected chi connectivity index (χ0v) is 22.8. The first-order valence-corrected chi connectivity index (χ1v) is 13.9. The van der Waals surface area contributed by atoms with E-state index in [2.05, 4.69) is 47.6 Å². The van der Waals surface area contributed by atoms with Gasteiger partial charge in [-0.05, 0) is 92.3 Å². The van der Waals surface area contributed by atoms with Crippen molar-refractivity contribution in [1.29, 1.82) is 0 Å². The third-order valence-electron chi connectivity index (χ3n) is 12.4. The zero-order valence-electron chi connectivity index (χ0n) is 22.8. The Balaban J connectivity index is 1.42. The Kier molecular flexibility index (Phi) is 5.44. The van der Waals surface area contributed by atoms with Crippen LogP contribution in [0.1, 0.15) is 100 Å². The first kappa shape index (κ1) is 25.0. The van der Waals surface area contributed by atoms with Crippen LogP contribution in [-0.2, 0) is 9.53 Å². The zero-order chi connectivity index (χ0) is 25.1. The Bertz CT molecular complexity index is 898. The molecule has 4 heteroatoms. The number of allylic oxidation sites excluding steroid dienone is 2. The maximum Gasteiger partial charge on any atom is 0.138 e.